The van der Waals surface area contributed by atoms with Crippen LogP contribution in [0, 0.1) is 0 Å². The fraction of sp³-hybridized carbons (Fsp3) is 0.611. The number of amides is 1. The van der Waals surface area contributed by atoms with E-state index in [1.807, 2.05) is 31.2 Å². The van der Waals surface area contributed by atoms with Gasteiger partial charge in [-0.2, -0.15) is 0 Å². The summed E-state index contributed by atoms with van der Waals surface area (Å²) in [5, 5.41) is 10.9. The third kappa shape index (κ3) is 6.47. The van der Waals surface area contributed by atoms with Gasteiger partial charge in [0.15, 0.2) is 0 Å². The Hall–Kier alpha value is -1.34. The number of nitrogens with one attached hydrogen (secondary N) is 1. The highest BCUT2D eigenvalue weighted by Gasteiger charge is 2.26. The van der Waals surface area contributed by atoms with Crippen LogP contribution in [0.15, 0.2) is 24.3 Å². The molecule has 0 spiro atoms. The van der Waals surface area contributed by atoms with Gasteiger partial charge in [-0.3, -0.25) is 4.90 Å². The summed E-state index contributed by atoms with van der Waals surface area (Å²) in [5.41, 5.74) is 1.03. The van der Waals surface area contributed by atoms with Gasteiger partial charge in [-0.25, -0.2) is 4.79 Å². The molecule has 1 aliphatic heterocycles. The van der Waals surface area contributed by atoms with Crippen LogP contribution in [-0.2, 0) is 9.47 Å². The van der Waals surface area contributed by atoms with Crippen LogP contribution in [0.5, 0.6) is 0 Å². The molecule has 1 fully saturated rings. The molecule has 25 heavy (non-hydrogen) atoms. The van der Waals surface area contributed by atoms with E-state index in [-0.39, 0.29) is 18.8 Å². The summed E-state index contributed by atoms with van der Waals surface area (Å²) in [4.78, 5) is 14.7. The van der Waals surface area contributed by atoms with Gasteiger partial charge in [-0.1, -0.05) is 23.7 Å². The van der Waals surface area contributed by atoms with Crippen molar-refractivity contribution in [2.45, 2.75) is 26.1 Å². The van der Waals surface area contributed by atoms with Crippen LogP contribution in [0.2, 0.25) is 5.02 Å². The van der Waals surface area contributed by atoms with E-state index < -0.39 is 6.10 Å². The van der Waals surface area contributed by atoms with Crippen LogP contribution in [0.1, 0.15) is 25.5 Å². The largest absolute Gasteiger partial charge is 0.450 e. The second-order valence-corrected chi connectivity index (χ2v) is 6.76. The van der Waals surface area contributed by atoms with E-state index in [1.54, 1.807) is 11.8 Å². The summed E-state index contributed by atoms with van der Waals surface area (Å²) < 4.78 is 10.8. The highest BCUT2D eigenvalue weighted by atomic mass is 35.5. The fourth-order valence-electron chi connectivity index (χ4n) is 2.90. The molecule has 1 aromatic rings. The zero-order valence-electron chi connectivity index (χ0n) is 14.9. The van der Waals surface area contributed by atoms with Crippen molar-refractivity contribution in [3.05, 3.63) is 34.9 Å². The quantitative estimate of drug-likeness (QED) is 0.754. The van der Waals surface area contributed by atoms with Gasteiger partial charge in [0.25, 0.3) is 0 Å². The standard InChI is InChI=1S/C18H27ClN2O4/c1-3-24-18(23)21-10-8-20(9-11-21)12-17(22)13-25-14(2)15-4-6-16(19)7-5-15/h4-7,14,17,22H,3,8-13H2,1-2H3/p+1/t14-,17-/m1/s1. The molecule has 1 aliphatic rings. The highest BCUT2D eigenvalue weighted by Crippen LogP contribution is 2.19. The van der Waals surface area contributed by atoms with Crippen LogP contribution < -0.4 is 4.90 Å². The number of piperazine rings is 1. The van der Waals surface area contributed by atoms with Gasteiger partial charge >= 0.3 is 6.09 Å². The predicted molar refractivity (Wildman–Crippen MR) is 96.0 cm³/mol. The minimum absolute atomic E-state index is 0.0948. The van der Waals surface area contributed by atoms with Gasteiger partial charge in [0.05, 0.1) is 45.5 Å². The predicted octanol–water partition coefficient (Wildman–Crippen LogP) is 1.14. The molecule has 2 N–H and O–H groups in total. The molecule has 1 saturated heterocycles. The molecule has 2 rings (SSSR count). The molecule has 6 nitrogen and oxygen atoms in total. The molecule has 140 valence electrons. The molecule has 0 aromatic heterocycles. The molecule has 0 bridgehead atoms. The average molecular weight is 372 g/mol. The van der Waals surface area contributed by atoms with Gasteiger partial charge in [0.2, 0.25) is 0 Å². The molecular weight excluding hydrogens is 344 g/mol. The molecule has 0 radical (unpaired) electrons. The Bertz CT molecular complexity index is 532. The lowest BCUT2D eigenvalue weighted by molar-refractivity contribution is -0.907. The van der Waals surface area contributed by atoms with Crippen molar-refractivity contribution in [2.24, 2.45) is 0 Å². The minimum atomic E-state index is -0.529. The maximum atomic E-state index is 11.7. The zero-order valence-corrected chi connectivity index (χ0v) is 15.7. The Balaban J connectivity index is 1.68. The number of ether oxygens (including phenoxy) is 2. The van der Waals surface area contributed by atoms with E-state index in [0.29, 0.717) is 31.3 Å². The van der Waals surface area contributed by atoms with Crippen molar-refractivity contribution in [1.29, 1.82) is 0 Å². The maximum Gasteiger partial charge on any atom is 0.410 e. The van der Waals surface area contributed by atoms with Gasteiger partial charge < -0.3 is 19.5 Å². The summed E-state index contributed by atoms with van der Waals surface area (Å²) >= 11 is 5.88. The third-order valence-corrected chi connectivity index (χ3v) is 4.65. The number of hydrogen-bond acceptors (Lipinski definition) is 4. The third-order valence-electron chi connectivity index (χ3n) is 4.40. The summed E-state index contributed by atoms with van der Waals surface area (Å²) in [5.74, 6) is 0. The van der Waals surface area contributed by atoms with E-state index in [4.69, 9.17) is 21.1 Å². The number of carbonyl (C=O) groups is 1. The summed E-state index contributed by atoms with van der Waals surface area (Å²) in [6, 6.07) is 7.53. The van der Waals surface area contributed by atoms with Crippen LogP contribution in [0.3, 0.4) is 0 Å². The second-order valence-electron chi connectivity index (χ2n) is 6.32. The van der Waals surface area contributed by atoms with Crippen molar-refractivity contribution < 1.29 is 24.3 Å². The van der Waals surface area contributed by atoms with E-state index in [0.717, 1.165) is 18.7 Å². The van der Waals surface area contributed by atoms with Gasteiger partial charge in [0, 0.05) is 5.02 Å². The lowest BCUT2D eigenvalue weighted by Crippen LogP contribution is -3.15. The molecule has 7 heteroatoms. The first-order valence-corrected chi connectivity index (χ1v) is 9.17. The van der Waals surface area contributed by atoms with Crippen LogP contribution in [-0.4, -0.2) is 68.1 Å². The van der Waals surface area contributed by atoms with E-state index in [9.17, 15) is 9.90 Å². The molecule has 0 aliphatic carbocycles. The van der Waals surface area contributed by atoms with Crippen molar-refractivity contribution in [2.75, 3.05) is 45.9 Å². The van der Waals surface area contributed by atoms with Crippen LogP contribution in [0.25, 0.3) is 0 Å². The van der Waals surface area contributed by atoms with Crippen molar-refractivity contribution in [1.82, 2.24) is 4.90 Å². The van der Waals surface area contributed by atoms with Crippen molar-refractivity contribution in [3.8, 4) is 0 Å². The van der Waals surface area contributed by atoms with E-state index in [2.05, 4.69) is 0 Å². The number of quaternary nitrogens is 1. The lowest BCUT2D eigenvalue weighted by Gasteiger charge is -2.32. The van der Waals surface area contributed by atoms with Crippen LogP contribution in [0.4, 0.5) is 4.79 Å². The van der Waals surface area contributed by atoms with Gasteiger partial charge in [-0.05, 0) is 31.5 Å². The molecule has 0 unspecified atom stereocenters. The molecule has 2 atom stereocenters. The van der Waals surface area contributed by atoms with Crippen LogP contribution >= 0.6 is 11.6 Å². The number of carbonyl (C=O) groups excluding carboxylic acids is 1. The maximum absolute atomic E-state index is 11.7. The number of benzene rings is 1. The first-order chi connectivity index (χ1) is 12.0. The number of aliphatic hydroxyl groups excluding tert-OH is 1. The SMILES string of the molecule is CCOC(=O)N1CC[NH+](C[C@@H](O)CO[C@H](C)c2ccc(Cl)cc2)CC1. The number of nitrogens with zero attached hydrogens (tertiary/aromatic N) is 1. The Morgan fingerprint density at radius 2 is 1.96 bits per heavy atom. The average Bonchev–Trinajstić information content (AvgIpc) is 2.61. The van der Waals surface area contributed by atoms with Crippen molar-refractivity contribution >= 4 is 17.7 Å². The summed E-state index contributed by atoms with van der Waals surface area (Å²) in [6.45, 7) is 7.99. The molecule has 1 heterocycles. The highest BCUT2D eigenvalue weighted by molar-refractivity contribution is 6.30. The molecule has 1 amide bonds. The first-order valence-electron chi connectivity index (χ1n) is 8.80. The minimum Gasteiger partial charge on any atom is -0.450 e. The van der Waals surface area contributed by atoms with Crippen molar-refractivity contribution in [3.63, 3.8) is 0 Å². The molecular formula is C18H28ClN2O4+. The lowest BCUT2D eigenvalue weighted by atomic mass is 10.1. The number of halogens is 1. The normalized spacial score (nSPS) is 18.0. The Labute approximate surface area is 154 Å². The van der Waals surface area contributed by atoms with E-state index in [1.165, 1.54) is 4.90 Å². The first kappa shape index (κ1) is 20.0. The summed E-state index contributed by atoms with van der Waals surface area (Å²) in [6.07, 6.45) is -0.872. The Morgan fingerprint density at radius 1 is 1.32 bits per heavy atom. The topological polar surface area (TPSA) is 63.4 Å². The second kappa shape index (κ2) is 9.97. The van der Waals surface area contributed by atoms with Gasteiger partial charge in [-0.15, -0.1) is 0 Å². The Kier molecular flexibility index (Phi) is 7.96. The van der Waals surface area contributed by atoms with Gasteiger partial charge in [0.1, 0.15) is 12.6 Å². The Morgan fingerprint density at radius 3 is 2.56 bits per heavy atom. The number of aliphatic hydroxyl groups is 1. The zero-order chi connectivity index (χ0) is 18.2. The fourth-order valence-corrected chi connectivity index (χ4v) is 3.03. The summed E-state index contributed by atoms with van der Waals surface area (Å²) in [7, 11) is 0. The smallest absolute Gasteiger partial charge is 0.410 e. The molecule has 0 saturated carbocycles. The number of hydrogen-bond donors (Lipinski definition) is 2. The molecule has 1 aromatic carbocycles. The van der Waals surface area contributed by atoms with E-state index >= 15 is 0 Å². The number of rotatable bonds is 7. The monoisotopic (exact) mass is 371 g/mol.